The van der Waals surface area contributed by atoms with Crippen molar-refractivity contribution in [2.75, 3.05) is 52.4 Å². The van der Waals surface area contributed by atoms with Crippen LogP contribution in [0.15, 0.2) is 53.6 Å². The Morgan fingerprint density at radius 1 is 1.16 bits per heavy atom. The fourth-order valence-electron chi connectivity index (χ4n) is 4.71. The van der Waals surface area contributed by atoms with Gasteiger partial charge in [-0.15, -0.1) is 0 Å². The molecule has 3 heterocycles. The maximum absolute atomic E-state index is 12.9. The molecule has 8 nitrogen and oxygen atoms in total. The number of hydrogen-bond donors (Lipinski definition) is 1. The first-order valence-electron chi connectivity index (χ1n) is 11.0. The van der Waals surface area contributed by atoms with Crippen molar-refractivity contribution < 1.29 is 28.5 Å². The molecule has 3 aliphatic heterocycles. The molecule has 1 fully saturated rings. The fraction of sp³-hybridized carbons (Fsp3) is 0.500. The Balaban J connectivity index is 1.63. The van der Waals surface area contributed by atoms with Gasteiger partial charge in [-0.3, -0.25) is 4.90 Å². The van der Waals surface area contributed by atoms with Gasteiger partial charge in [0, 0.05) is 18.8 Å². The largest absolute Gasteiger partial charge is 0.466 e. The number of anilines is 1. The van der Waals surface area contributed by atoms with Gasteiger partial charge in [0.1, 0.15) is 11.7 Å². The lowest BCUT2D eigenvalue weighted by Crippen LogP contribution is -2.49. The normalized spacial score (nSPS) is 25.6. The molecule has 1 saturated heterocycles. The van der Waals surface area contributed by atoms with Crippen molar-refractivity contribution in [3.63, 3.8) is 0 Å². The number of morpholine rings is 1. The third kappa shape index (κ3) is 4.30. The van der Waals surface area contributed by atoms with E-state index in [1.165, 1.54) is 14.2 Å². The van der Waals surface area contributed by atoms with Crippen LogP contribution in [0.25, 0.3) is 0 Å². The van der Waals surface area contributed by atoms with E-state index in [0.29, 0.717) is 0 Å². The Kier molecular flexibility index (Phi) is 6.93. The number of ether oxygens (including phenoxy) is 4. The van der Waals surface area contributed by atoms with Crippen molar-refractivity contribution in [3.05, 3.63) is 53.6 Å². The number of carbonyl (C=O) groups excluding carboxylic acids is 2. The molecule has 2 bridgehead atoms. The first-order chi connectivity index (χ1) is 15.6. The maximum atomic E-state index is 12.9. The number of fused-ring (bicyclic) bond motifs is 2. The van der Waals surface area contributed by atoms with E-state index in [1.807, 2.05) is 42.5 Å². The van der Waals surface area contributed by atoms with E-state index in [9.17, 15) is 9.59 Å². The zero-order valence-electron chi connectivity index (χ0n) is 18.5. The van der Waals surface area contributed by atoms with E-state index in [0.717, 1.165) is 51.4 Å². The summed E-state index contributed by atoms with van der Waals surface area (Å²) in [5.74, 6) is -1.15. The molecule has 0 radical (unpaired) electrons. The molecule has 8 heteroatoms. The van der Waals surface area contributed by atoms with Crippen LogP contribution in [-0.2, 0) is 28.5 Å². The van der Waals surface area contributed by atoms with Crippen molar-refractivity contribution in [1.29, 1.82) is 0 Å². The topological polar surface area (TPSA) is 86.3 Å². The fourth-order valence-corrected chi connectivity index (χ4v) is 4.71. The van der Waals surface area contributed by atoms with Crippen LogP contribution in [0.5, 0.6) is 0 Å². The molecule has 0 amide bonds. The van der Waals surface area contributed by atoms with Crippen molar-refractivity contribution in [3.8, 4) is 0 Å². The van der Waals surface area contributed by atoms with Crippen LogP contribution < -0.4 is 5.32 Å². The zero-order chi connectivity index (χ0) is 22.6. The molecular formula is C24H30N2O6. The highest BCUT2D eigenvalue weighted by atomic mass is 16.6. The van der Waals surface area contributed by atoms with Gasteiger partial charge in [-0.1, -0.05) is 24.3 Å². The molecule has 0 aromatic heterocycles. The summed E-state index contributed by atoms with van der Waals surface area (Å²) < 4.78 is 21.8. The monoisotopic (exact) mass is 442 g/mol. The second-order valence-electron chi connectivity index (χ2n) is 8.12. The quantitative estimate of drug-likeness (QED) is 0.459. The summed E-state index contributed by atoms with van der Waals surface area (Å²) in [6.45, 7) is 4.25. The number of nitrogens with zero attached hydrogens (tertiary/aromatic N) is 1. The highest BCUT2D eigenvalue weighted by Gasteiger charge is 2.58. The molecule has 3 aliphatic rings. The van der Waals surface area contributed by atoms with Crippen LogP contribution in [0.3, 0.4) is 0 Å². The van der Waals surface area contributed by atoms with Gasteiger partial charge in [0.2, 0.25) is 0 Å². The van der Waals surface area contributed by atoms with Crippen molar-refractivity contribution in [1.82, 2.24) is 4.90 Å². The van der Waals surface area contributed by atoms with E-state index in [2.05, 4.69) is 10.2 Å². The van der Waals surface area contributed by atoms with E-state index in [1.54, 1.807) is 0 Å². The molecule has 0 saturated carbocycles. The summed E-state index contributed by atoms with van der Waals surface area (Å²) in [7, 11) is 2.61. The Morgan fingerprint density at radius 2 is 1.88 bits per heavy atom. The van der Waals surface area contributed by atoms with E-state index >= 15 is 0 Å². The van der Waals surface area contributed by atoms with Gasteiger partial charge in [0.05, 0.1) is 44.6 Å². The lowest BCUT2D eigenvalue weighted by molar-refractivity contribution is -0.139. The molecule has 1 aromatic rings. The highest BCUT2D eigenvalue weighted by Crippen LogP contribution is 2.47. The lowest BCUT2D eigenvalue weighted by atomic mass is 9.79. The van der Waals surface area contributed by atoms with Crippen LogP contribution in [0.1, 0.15) is 12.8 Å². The Morgan fingerprint density at radius 3 is 2.56 bits per heavy atom. The van der Waals surface area contributed by atoms with Gasteiger partial charge in [0.25, 0.3) is 0 Å². The maximum Gasteiger partial charge on any atom is 0.337 e. The SMILES string of the molecule is COC(=O)C1=C(C(=O)OC)C2(C(CCCN3CCOCC3)Nc3ccccc3)C=CC1O2. The highest BCUT2D eigenvalue weighted by molar-refractivity contribution is 6.05. The molecule has 3 atom stereocenters. The van der Waals surface area contributed by atoms with Gasteiger partial charge in [-0.2, -0.15) is 0 Å². The third-order valence-corrected chi connectivity index (χ3v) is 6.28. The summed E-state index contributed by atoms with van der Waals surface area (Å²) in [5, 5.41) is 3.55. The molecule has 0 spiro atoms. The van der Waals surface area contributed by atoms with E-state index in [4.69, 9.17) is 18.9 Å². The first-order valence-corrected chi connectivity index (χ1v) is 11.0. The smallest absolute Gasteiger partial charge is 0.337 e. The number of methoxy groups -OCH3 is 2. The molecule has 172 valence electrons. The molecule has 32 heavy (non-hydrogen) atoms. The summed E-state index contributed by atoms with van der Waals surface area (Å²) >= 11 is 0. The number of carbonyl (C=O) groups is 2. The number of rotatable bonds is 9. The predicted molar refractivity (Wildman–Crippen MR) is 118 cm³/mol. The van der Waals surface area contributed by atoms with Crippen LogP contribution in [0.2, 0.25) is 0 Å². The second kappa shape index (κ2) is 9.85. The van der Waals surface area contributed by atoms with Gasteiger partial charge in [0.15, 0.2) is 0 Å². The number of benzene rings is 1. The molecule has 1 N–H and O–H groups in total. The lowest BCUT2D eigenvalue weighted by Gasteiger charge is -2.36. The van der Waals surface area contributed by atoms with E-state index < -0.39 is 23.6 Å². The number of esters is 2. The minimum Gasteiger partial charge on any atom is -0.466 e. The zero-order valence-corrected chi connectivity index (χ0v) is 18.5. The molecule has 1 aromatic carbocycles. The third-order valence-electron chi connectivity index (χ3n) is 6.28. The van der Waals surface area contributed by atoms with Crippen LogP contribution in [0.4, 0.5) is 5.69 Å². The first kappa shape index (κ1) is 22.5. The average Bonchev–Trinajstić information content (AvgIpc) is 3.42. The van der Waals surface area contributed by atoms with Gasteiger partial charge < -0.3 is 24.3 Å². The van der Waals surface area contributed by atoms with E-state index in [-0.39, 0.29) is 17.2 Å². The summed E-state index contributed by atoms with van der Waals surface area (Å²) in [6.07, 6.45) is 4.68. The summed E-state index contributed by atoms with van der Waals surface area (Å²) in [6, 6.07) is 9.50. The standard InChI is InChI=1S/C24H30N2O6/c1-29-22(27)20-18-10-11-24(32-18,21(20)23(28)30-2)19(25-17-7-4-3-5-8-17)9-6-12-26-13-15-31-16-14-26/h3-5,7-8,10-11,18-19,25H,6,9,12-16H2,1-2H3. The molecule has 4 rings (SSSR count). The van der Waals surface area contributed by atoms with Gasteiger partial charge in [-0.05, 0) is 37.6 Å². The Labute approximate surface area is 188 Å². The summed E-state index contributed by atoms with van der Waals surface area (Å²) in [4.78, 5) is 27.8. The molecular weight excluding hydrogens is 412 g/mol. The van der Waals surface area contributed by atoms with Crippen molar-refractivity contribution in [2.45, 2.75) is 30.6 Å². The van der Waals surface area contributed by atoms with Crippen LogP contribution in [0, 0.1) is 0 Å². The number of nitrogens with one attached hydrogen (secondary N) is 1. The summed E-state index contributed by atoms with van der Waals surface area (Å²) in [5.41, 5.74) is 0.241. The molecule has 3 unspecified atom stereocenters. The number of para-hydroxylation sites is 1. The van der Waals surface area contributed by atoms with Crippen molar-refractivity contribution in [2.24, 2.45) is 0 Å². The van der Waals surface area contributed by atoms with Gasteiger partial charge >= 0.3 is 11.9 Å². The average molecular weight is 443 g/mol. The second-order valence-corrected chi connectivity index (χ2v) is 8.12. The van der Waals surface area contributed by atoms with Crippen LogP contribution >= 0.6 is 0 Å². The number of hydrogen-bond acceptors (Lipinski definition) is 8. The van der Waals surface area contributed by atoms with Crippen molar-refractivity contribution >= 4 is 17.6 Å². The predicted octanol–water partition coefficient (Wildman–Crippen LogP) is 1.93. The minimum atomic E-state index is -1.11. The Bertz CT molecular complexity index is 893. The Hall–Kier alpha value is -2.68. The minimum absolute atomic E-state index is 0.217. The molecule has 0 aliphatic carbocycles. The van der Waals surface area contributed by atoms with Crippen LogP contribution in [-0.4, -0.2) is 81.7 Å². The van der Waals surface area contributed by atoms with Gasteiger partial charge in [-0.25, -0.2) is 9.59 Å².